The Hall–Kier alpha value is -1.18. The highest BCUT2D eigenvalue weighted by atomic mass is 32.2. The summed E-state index contributed by atoms with van der Waals surface area (Å²) in [5.41, 5.74) is 0. The first-order valence-corrected chi connectivity index (χ1v) is 7.22. The molecular formula is C11H15NO5S. The van der Waals surface area contributed by atoms with Crippen molar-refractivity contribution >= 4 is 16.3 Å². The standard InChI is InChI=1S/C11H15NO5S/c13-7-10-3-4-11(17-10)18(15,16)12-6-8-1-2-9(14)5-8/h3-4,7-9,12,14H,1-2,5-6H2. The third kappa shape index (κ3) is 2.98. The molecule has 2 atom stereocenters. The van der Waals surface area contributed by atoms with Crippen molar-refractivity contribution in [3.8, 4) is 0 Å². The SMILES string of the molecule is O=Cc1ccc(S(=O)(=O)NCC2CCC(O)C2)o1. The van der Waals surface area contributed by atoms with Crippen LogP contribution in [0.2, 0.25) is 0 Å². The monoisotopic (exact) mass is 273 g/mol. The predicted octanol–water partition coefficient (Wildman–Crippen LogP) is 0.531. The van der Waals surface area contributed by atoms with Crippen molar-refractivity contribution in [2.45, 2.75) is 30.5 Å². The highest BCUT2D eigenvalue weighted by molar-refractivity contribution is 7.89. The number of furan rings is 1. The van der Waals surface area contributed by atoms with Crippen molar-refractivity contribution in [1.82, 2.24) is 4.72 Å². The number of carbonyl (C=O) groups is 1. The van der Waals surface area contributed by atoms with E-state index in [1.54, 1.807) is 0 Å². The first-order valence-electron chi connectivity index (χ1n) is 5.74. The van der Waals surface area contributed by atoms with Crippen molar-refractivity contribution in [3.63, 3.8) is 0 Å². The number of hydrogen-bond donors (Lipinski definition) is 2. The minimum atomic E-state index is -3.71. The van der Waals surface area contributed by atoms with E-state index >= 15 is 0 Å². The average Bonchev–Trinajstić information content (AvgIpc) is 2.95. The molecule has 1 aliphatic carbocycles. The van der Waals surface area contributed by atoms with Gasteiger partial charge in [0.1, 0.15) is 0 Å². The third-order valence-electron chi connectivity index (χ3n) is 3.06. The molecule has 0 aliphatic heterocycles. The summed E-state index contributed by atoms with van der Waals surface area (Å²) in [6.07, 6.45) is 2.25. The molecule has 2 rings (SSSR count). The number of rotatable bonds is 5. The molecular weight excluding hydrogens is 258 g/mol. The topological polar surface area (TPSA) is 96.6 Å². The van der Waals surface area contributed by atoms with E-state index < -0.39 is 10.0 Å². The van der Waals surface area contributed by atoms with Gasteiger partial charge in [0.2, 0.25) is 5.09 Å². The molecule has 1 heterocycles. The number of nitrogens with one attached hydrogen (secondary N) is 1. The number of aldehydes is 1. The van der Waals surface area contributed by atoms with Gasteiger partial charge in [0.25, 0.3) is 10.0 Å². The Morgan fingerprint density at radius 3 is 2.78 bits per heavy atom. The maximum absolute atomic E-state index is 11.8. The molecule has 0 saturated heterocycles. The Morgan fingerprint density at radius 2 is 2.22 bits per heavy atom. The molecule has 6 nitrogen and oxygen atoms in total. The van der Waals surface area contributed by atoms with Crippen molar-refractivity contribution < 1.29 is 22.7 Å². The largest absolute Gasteiger partial charge is 0.440 e. The number of hydrogen-bond acceptors (Lipinski definition) is 5. The zero-order chi connectivity index (χ0) is 13.2. The predicted molar refractivity (Wildman–Crippen MR) is 62.6 cm³/mol. The Bertz CT molecular complexity index is 521. The summed E-state index contributed by atoms with van der Waals surface area (Å²) in [6.45, 7) is 0.274. The smallest absolute Gasteiger partial charge is 0.273 e. The molecule has 100 valence electrons. The highest BCUT2D eigenvalue weighted by Gasteiger charge is 2.25. The van der Waals surface area contributed by atoms with Crippen LogP contribution in [0.25, 0.3) is 0 Å². The summed E-state index contributed by atoms with van der Waals surface area (Å²) >= 11 is 0. The zero-order valence-electron chi connectivity index (χ0n) is 9.70. The van der Waals surface area contributed by atoms with E-state index in [0.717, 1.165) is 6.42 Å². The number of sulfonamides is 1. The Morgan fingerprint density at radius 1 is 1.44 bits per heavy atom. The van der Waals surface area contributed by atoms with E-state index in [1.807, 2.05) is 0 Å². The Labute approximate surface area is 105 Å². The van der Waals surface area contributed by atoms with E-state index in [9.17, 15) is 18.3 Å². The highest BCUT2D eigenvalue weighted by Crippen LogP contribution is 2.25. The second-order valence-corrected chi connectivity index (χ2v) is 6.16. The van der Waals surface area contributed by atoms with Crippen LogP contribution in [-0.2, 0) is 10.0 Å². The minimum Gasteiger partial charge on any atom is -0.440 e. The number of aliphatic hydroxyl groups excluding tert-OH is 1. The average molecular weight is 273 g/mol. The normalized spacial score (nSPS) is 24.3. The third-order valence-corrected chi connectivity index (χ3v) is 4.35. The second-order valence-electron chi connectivity index (χ2n) is 4.46. The lowest BCUT2D eigenvalue weighted by molar-refractivity contribution is 0.109. The van der Waals surface area contributed by atoms with Gasteiger partial charge in [-0.1, -0.05) is 0 Å². The van der Waals surface area contributed by atoms with E-state index in [1.165, 1.54) is 12.1 Å². The van der Waals surface area contributed by atoms with Crippen LogP contribution >= 0.6 is 0 Å². The van der Waals surface area contributed by atoms with Gasteiger partial charge in [-0.15, -0.1) is 0 Å². The van der Waals surface area contributed by atoms with Crippen molar-refractivity contribution in [3.05, 3.63) is 17.9 Å². The molecule has 7 heteroatoms. The van der Waals surface area contributed by atoms with Crippen LogP contribution in [0.5, 0.6) is 0 Å². The van der Waals surface area contributed by atoms with Crippen molar-refractivity contribution in [2.75, 3.05) is 6.54 Å². The summed E-state index contributed by atoms with van der Waals surface area (Å²) in [4.78, 5) is 10.4. The van der Waals surface area contributed by atoms with E-state index in [0.29, 0.717) is 19.1 Å². The van der Waals surface area contributed by atoms with Crippen LogP contribution < -0.4 is 4.72 Å². The maximum atomic E-state index is 11.8. The van der Waals surface area contributed by atoms with Gasteiger partial charge in [-0.2, -0.15) is 0 Å². The van der Waals surface area contributed by atoms with Crippen LogP contribution in [-0.4, -0.2) is 32.5 Å². The summed E-state index contributed by atoms with van der Waals surface area (Å²) in [5, 5.41) is 9.09. The van der Waals surface area contributed by atoms with Crippen LogP contribution in [0, 0.1) is 5.92 Å². The van der Waals surface area contributed by atoms with Crippen LogP contribution in [0.15, 0.2) is 21.6 Å². The van der Waals surface area contributed by atoms with Gasteiger partial charge < -0.3 is 9.52 Å². The fourth-order valence-corrected chi connectivity index (χ4v) is 3.13. The lowest BCUT2D eigenvalue weighted by Gasteiger charge is -2.09. The van der Waals surface area contributed by atoms with Crippen LogP contribution in [0.1, 0.15) is 29.8 Å². The van der Waals surface area contributed by atoms with Gasteiger partial charge in [-0.25, -0.2) is 13.1 Å². The molecule has 0 bridgehead atoms. The molecule has 0 radical (unpaired) electrons. The fraction of sp³-hybridized carbons (Fsp3) is 0.545. The van der Waals surface area contributed by atoms with Crippen molar-refractivity contribution in [2.24, 2.45) is 5.92 Å². The minimum absolute atomic E-state index is 0.0216. The second kappa shape index (κ2) is 5.21. The Kier molecular flexibility index (Phi) is 3.84. The van der Waals surface area contributed by atoms with E-state index in [2.05, 4.69) is 4.72 Å². The van der Waals surface area contributed by atoms with Gasteiger partial charge in [0, 0.05) is 6.54 Å². The number of aliphatic hydroxyl groups is 1. The fourth-order valence-electron chi connectivity index (χ4n) is 2.07. The lowest BCUT2D eigenvalue weighted by atomic mass is 10.1. The molecule has 1 aliphatic rings. The first-order chi connectivity index (χ1) is 8.51. The van der Waals surface area contributed by atoms with Gasteiger partial charge in [0.15, 0.2) is 12.0 Å². The molecule has 1 aromatic rings. The molecule has 1 fully saturated rings. The molecule has 0 amide bonds. The summed E-state index contributed by atoms with van der Waals surface area (Å²) in [7, 11) is -3.71. The lowest BCUT2D eigenvalue weighted by Crippen LogP contribution is -2.28. The molecule has 1 saturated carbocycles. The van der Waals surface area contributed by atoms with E-state index in [4.69, 9.17) is 4.42 Å². The molecule has 0 spiro atoms. The molecule has 2 N–H and O–H groups in total. The van der Waals surface area contributed by atoms with Crippen LogP contribution in [0.4, 0.5) is 0 Å². The summed E-state index contributed by atoms with van der Waals surface area (Å²) in [5.74, 6) is 0.127. The van der Waals surface area contributed by atoms with Gasteiger partial charge >= 0.3 is 0 Å². The van der Waals surface area contributed by atoms with Gasteiger partial charge in [0.05, 0.1) is 6.10 Å². The summed E-state index contributed by atoms with van der Waals surface area (Å²) < 4.78 is 30.9. The molecule has 2 unspecified atom stereocenters. The van der Waals surface area contributed by atoms with Gasteiger partial charge in [-0.05, 0) is 37.3 Å². The van der Waals surface area contributed by atoms with Crippen molar-refractivity contribution in [1.29, 1.82) is 0 Å². The maximum Gasteiger partial charge on any atom is 0.273 e. The zero-order valence-corrected chi connectivity index (χ0v) is 10.5. The molecule has 18 heavy (non-hydrogen) atoms. The Balaban J connectivity index is 1.97. The van der Waals surface area contributed by atoms with Crippen LogP contribution in [0.3, 0.4) is 0 Å². The van der Waals surface area contributed by atoms with Gasteiger partial charge in [-0.3, -0.25) is 4.79 Å². The number of carbonyl (C=O) groups excluding carboxylic acids is 1. The van der Waals surface area contributed by atoms with E-state index in [-0.39, 0.29) is 29.4 Å². The molecule has 0 aromatic carbocycles. The molecule has 1 aromatic heterocycles. The quantitative estimate of drug-likeness (QED) is 0.763. The first kappa shape index (κ1) is 13.3. The summed E-state index contributed by atoms with van der Waals surface area (Å²) in [6, 6.07) is 2.55.